The highest BCUT2D eigenvalue weighted by Crippen LogP contribution is 2.24. The van der Waals surface area contributed by atoms with E-state index in [2.05, 4.69) is 0 Å². The summed E-state index contributed by atoms with van der Waals surface area (Å²) in [6, 6.07) is 4.24. The number of rotatable bonds is 7. The van der Waals surface area contributed by atoms with Crippen molar-refractivity contribution < 1.29 is 14.8 Å². The summed E-state index contributed by atoms with van der Waals surface area (Å²) in [5.74, 6) is 0.502. The van der Waals surface area contributed by atoms with Gasteiger partial charge in [0, 0.05) is 24.2 Å². The Morgan fingerprint density at radius 1 is 1.44 bits per heavy atom. The largest absolute Gasteiger partial charge is 0.493 e. The summed E-state index contributed by atoms with van der Waals surface area (Å²) in [5.41, 5.74) is 0.397. The minimum absolute atomic E-state index is 0.0420. The van der Waals surface area contributed by atoms with Crippen molar-refractivity contribution in [2.75, 3.05) is 27.2 Å². The summed E-state index contributed by atoms with van der Waals surface area (Å²) < 4.78 is 5.50. The molecule has 0 bridgehead atoms. The number of nitrogens with zero attached hydrogens (tertiary/aromatic N) is 2. The highest BCUT2D eigenvalue weighted by Gasteiger charge is 2.10. The van der Waals surface area contributed by atoms with Gasteiger partial charge in [-0.05, 0) is 26.6 Å². The van der Waals surface area contributed by atoms with E-state index in [0.717, 1.165) is 13.0 Å². The van der Waals surface area contributed by atoms with Crippen LogP contribution in [0.3, 0.4) is 0 Å². The quantitative estimate of drug-likeness (QED) is 0.452. The van der Waals surface area contributed by atoms with Crippen LogP contribution < -0.4 is 4.74 Å². The molecule has 100 valence electrons. The van der Waals surface area contributed by atoms with Crippen LogP contribution in [0.1, 0.15) is 12.0 Å². The highest BCUT2D eigenvalue weighted by atomic mass is 16.6. The molecule has 0 fully saturated rings. The maximum absolute atomic E-state index is 10.6. The van der Waals surface area contributed by atoms with Gasteiger partial charge in [-0.2, -0.15) is 0 Å². The fraction of sp³-hybridized carbons (Fsp3) is 0.500. The van der Waals surface area contributed by atoms with Crippen molar-refractivity contribution in [2.45, 2.75) is 13.0 Å². The number of nitro benzene ring substituents is 1. The summed E-state index contributed by atoms with van der Waals surface area (Å²) in [6.07, 6.45) is 0.856. The van der Waals surface area contributed by atoms with E-state index in [1.165, 1.54) is 18.2 Å². The van der Waals surface area contributed by atoms with Gasteiger partial charge in [-0.3, -0.25) is 10.1 Å². The average molecular weight is 254 g/mol. The van der Waals surface area contributed by atoms with Gasteiger partial charge in [0.1, 0.15) is 5.75 Å². The van der Waals surface area contributed by atoms with Crippen LogP contribution in [0.2, 0.25) is 0 Å². The van der Waals surface area contributed by atoms with E-state index in [9.17, 15) is 10.1 Å². The Morgan fingerprint density at radius 2 is 2.17 bits per heavy atom. The van der Waals surface area contributed by atoms with Crippen LogP contribution in [0.5, 0.6) is 5.75 Å². The first kappa shape index (κ1) is 14.4. The van der Waals surface area contributed by atoms with Gasteiger partial charge in [0.25, 0.3) is 5.69 Å². The molecule has 0 radical (unpaired) electrons. The van der Waals surface area contributed by atoms with Crippen molar-refractivity contribution in [3.05, 3.63) is 33.9 Å². The van der Waals surface area contributed by atoms with Crippen LogP contribution in [0.25, 0.3) is 0 Å². The number of hydrogen-bond acceptors (Lipinski definition) is 5. The molecule has 0 saturated heterocycles. The minimum Gasteiger partial charge on any atom is -0.493 e. The van der Waals surface area contributed by atoms with Crippen LogP contribution in [0, 0.1) is 10.1 Å². The summed E-state index contributed by atoms with van der Waals surface area (Å²) in [7, 11) is 3.95. The third kappa shape index (κ3) is 4.31. The van der Waals surface area contributed by atoms with Gasteiger partial charge in [0.2, 0.25) is 0 Å². The Bertz CT molecular complexity index is 407. The van der Waals surface area contributed by atoms with E-state index < -0.39 is 4.92 Å². The number of non-ortho nitro benzene ring substituents is 1. The molecule has 1 N–H and O–H groups in total. The molecule has 0 heterocycles. The topological polar surface area (TPSA) is 75.8 Å². The van der Waals surface area contributed by atoms with Gasteiger partial charge in [-0.1, -0.05) is 0 Å². The van der Waals surface area contributed by atoms with Crippen LogP contribution in [-0.4, -0.2) is 42.2 Å². The Morgan fingerprint density at radius 3 is 2.72 bits per heavy atom. The number of ether oxygens (including phenoxy) is 1. The Hall–Kier alpha value is -1.66. The molecule has 0 spiro atoms. The van der Waals surface area contributed by atoms with Gasteiger partial charge in [-0.15, -0.1) is 0 Å². The molecule has 1 aromatic rings. The van der Waals surface area contributed by atoms with Gasteiger partial charge in [0.15, 0.2) is 0 Å². The Kier molecular flexibility index (Phi) is 5.54. The lowest BCUT2D eigenvalue weighted by Gasteiger charge is -2.12. The maximum atomic E-state index is 10.6. The van der Waals surface area contributed by atoms with E-state index in [1.807, 2.05) is 19.0 Å². The smallest absolute Gasteiger partial charge is 0.270 e. The van der Waals surface area contributed by atoms with Gasteiger partial charge in [0.05, 0.1) is 18.1 Å². The average Bonchev–Trinajstić information content (AvgIpc) is 2.34. The van der Waals surface area contributed by atoms with Crippen LogP contribution in [0.4, 0.5) is 5.69 Å². The van der Waals surface area contributed by atoms with E-state index in [-0.39, 0.29) is 12.3 Å². The molecule has 0 amide bonds. The first-order valence-corrected chi connectivity index (χ1v) is 5.70. The van der Waals surface area contributed by atoms with Crippen molar-refractivity contribution in [1.82, 2.24) is 4.90 Å². The Labute approximate surface area is 106 Å². The summed E-state index contributed by atoms with van der Waals surface area (Å²) >= 11 is 0. The van der Waals surface area contributed by atoms with Crippen molar-refractivity contribution in [1.29, 1.82) is 0 Å². The second kappa shape index (κ2) is 6.93. The second-order valence-electron chi connectivity index (χ2n) is 4.21. The van der Waals surface area contributed by atoms with Gasteiger partial charge in [-0.25, -0.2) is 0 Å². The fourth-order valence-corrected chi connectivity index (χ4v) is 1.51. The van der Waals surface area contributed by atoms with Crippen LogP contribution in [0.15, 0.2) is 18.2 Å². The number of benzene rings is 1. The second-order valence-corrected chi connectivity index (χ2v) is 4.21. The summed E-state index contributed by atoms with van der Waals surface area (Å²) in [5, 5.41) is 19.8. The van der Waals surface area contributed by atoms with Crippen molar-refractivity contribution in [3.63, 3.8) is 0 Å². The minimum atomic E-state index is -0.491. The molecule has 6 heteroatoms. The monoisotopic (exact) mass is 254 g/mol. The molecule has 6 nitrogen and oxygen atoms in total. The lowest BCUT2D eigenvalue weighted by molar-refractivity contribution is -0.385. The van der Waals surface area contributed by atoms with Crippen LogP contribution in [-0.2, 0) is 6.61 Å². The molecule has 0 saturated carbocycles. The lowest BCUT2D eigenvalue weighted by Crippen LogP contribution is -2.15. The number of nitro groups is 1. The predicted octanol–water partition coefficient (Wildman–Crippen LogP) is 1.42. The van der Waals surface area contributed by atoms with Crippen LogP contribution >= 0.6 is 0 Å². The molecule has 0 aliphatic rings. The molecule has 0 atom stereocenters. The standard InChI is InChI=1S/C12H18N2O4/c1-13(2)6-3-7-18-12-5-4-11(14(16)17)8-10(12)9-15/h4-5,8,15H,3,6-7,9H2,1-2H3. The number of aliphatic hydroxyl groups is 1. The van der Waals surface area contributed by atoms with Gasteiger partial charge < -0.3 is 14.7 Å². The number of aliphatic hydroxyl groups excluding tert-OH is 1. The first-order chi connectivity index (χ1) is 8.54. The van der Waals surface area contributed by atoms with Crippen molar-refractivity contribution in [2.24, 2.45) is 0 Å². The van der Waals surface area contributed by atoms with Crippen molar-refractivity contribution in [3.8, 4) is 5.75 Å². The molecule has 0 aliphatic heterocycles. The first-order valence-electron chi connectivity index (χ1n) is 5.70. The number of hydrogen-bond donors (Lipinski definition) is 1. The fourth-order valence-electron chi connectivity index (χ4n) is 1.51. The van der Waals surface area contributed by atoms with E-state index >= 15 is 0 Å². The maximum Gasteiger partial charge on any atom is 0.270 e. The third-order valence-corrected chi connectivity index (χ3v) is 2.43. The zero-order valence-electron chi connectivity index (χ0n) is 10.6. The molecular weight excluding hydrogens is 236 g/mol. The zero-order valence-corrected chi connectivity index (χ0v) is 10.6. The molecule has 0 aromatic heterocycles. The molecule has 0 unspecified atom stereocenters. The SMILES string of the molecule is CN(C)CCCOc1ccc([N+](=O)[O-])cc1CO. The van der Waals surface area contributed by atoms with Gasteiger partial charge >= 0.3 is 0 Å². The Balaban J connectivity index is 2.62. The summed E-state index contributed by atoms with van der Waals surface area (Å²) in [4.78, 5) is 12.1. The lowest BCUT2D eigenvalue weighted by atomic mass is 10.2. The predicted molar refractivity (Wildman–Crippen MR) is 67.7 cm³/mol. The molecule has 0 aliphatic carbocycles. The van der Waals surface area contributed by atoms with E-state index in [4.69, 9.17) is 9.84 Å². The third-order valence-electron chi connectivity index (χ3n) is 2.43. The van der Waals surface area contributed by atoms with Crippen molar-refractivity contribution >= 4 is 5.69 Å². The normalized spacial score (nSPS) is 10.7. The van der Waals surface area contributed by atoms with E-state index in [1.54, 1.807) is 0 Å². The molecular formula is C12H18N2O4. The molecule has 1 aromatic carbocycles. The van der Waals surface area contributed by atoms with E-state index in [0.29, 0.717) is 17.9 Å². The highest BCUT2D eigenvalue weighted by molar-refractivity contribution is 5.43. The zero-order chi connectivity index (χ0) is 13.5. The summed E-state index contributed by atoms with van der Waals surface area (Å²) in [6.45, 7) is 1.15. The molecule has 1 rings (SSSR count). The molecule has 18 heavy (non-hydrogen) atoms.